The molecule has 0 N–H and O–H groups in total. The van der Waals surface area contributed by atoms with Crippen LogP contribution in [0.25, 0.3) is 0 Å². The second-order valence-corrected chi connectivity index (χ2v) is 14.5. The number of rotatable bonds is 0. The molecule has 26 heavy (non-hydrogen) atoms. The Labute approximate surface area is 188 Å². The van der Waals surface area contributed by atoms with E-state index in [1.54, 1.807) is 0 Å². The largest absolute Gasteiger partial charge is 0.161 e. The van der Waals surface area contributed by atoms with Crippen LogP contribution < -0.4 is 0 Å². The minimum Gasteiger partial charge on any atom is -0.161 e. The zero-order valence-electron chi connectivity index (χ0n) is 16.3. The second-order valence-electron chi connectivity index (χ2n) is 7.14. The van der Waals surface area contributed by atoms with Gasteiger partial charge in [-0.25, -0.2) is 0 Å². The van der Waals surface area contributed by atoms with Crippen molar-refractivity contribution in [3.8, 4) is 0 Å². The van der Waals surface area contributed by atoms with Crippen LogP contribution in [-0.4, -0.2) is 69.0 Å². The smallest absolute Gasteiger partial charge is 0.00235 e. The van der Waals surface area contributed by atoms with Crippen molar-refractivity contribution < 1.29 is 0 Å². The van der Waals surface area contributed by atoms with Crippen LogP contribution in [-0.2, 0) is 0 Å². The normalized spacial score (nSPS) is 30.5. The molecular formula is C20H38S6. The van der Waals surface area contributed by atoms with Crippen molar-refractivity contribution in [2.75, 3.05) is 69.0 Å². The van der Waals surface area contributed by atoms with E-state index in [4.69, 9.17) is 0 Å². The molecular weight excluding hydrogens is 433 g/mol. The molecule has 0 unspecified atom stereocenters. The molecule has 3 fully saturated rings. The van der Waals surface area contributed by atoms with Crippen LogP contribution in [0.4, 0.5) is 0 Å². The maximum atomic E-state index is 2.22. The first-order valence-corrected chi connectivity index (χ1v) is 17.3. The van der Waals surface area contributed by atoms with Gasteiger partial charge in [-0.2, -0.15) is 70.6 Å². The average Bonchev–Trinajstić information content (AvgIpc) is 2.65. The van der Waals surface area contributed by atoms with Crippen LogP contribution in [0.15, 0.2) is 0 Å². The van der Waals surface area contributed by atoms with E-state index in [0.717, 1.165) is 11.8 Å². The lowest BCUT2D eigenvalue weighted by atomic mass is 10.0. The fourth-order valence-electron chi connectivity index (χ4n) is 3.33. The summed E-state index contributed by atoms with van der Waals surface area (Å²) in [5.74, 6) is 18.6. The lowest BCUT2D eigenvalue weighted by Crippen LogP contribution is -2.09. The van der Waals surface area contributed by atoms with Gasteiger partial charge >= 0.3 is 0 Å². The average molecular weight is 471 g/mol. The summed E-state index contributed by atoms with van der Waals surface area (Å²) < 4.78 is 0. The summed E-state index contributed by atoms with van der Waals surface area (Å²) in [4.78, 5) is 0. The van der Waals surface area contributed by atoms with Gasteiger partial charge in [-0.15, -0.1) is 0 Å². The van der Waals surface area contributed by atoms with Crippen molar-refractivity contribution in [3.05, 3.63) is 0 Å². The molecule has 3 saturated heterocycles. The molecule has 3 rings (SSSR count). The van der Waals surface area contributed by atoms with Gasteiger partial charge in [0.05, 0.1) is 0 Å². The van der Waals surface area contributed by atoms with Gasteiger partial charge in [0.1, 0.15) is 0 Å². The number of hydrogen-bond acceptors (Lipinski definition) is 6. The van der Waals surface area contributed by atoms with Gasteiger partial charge in [0.25, 0.3) is 0 Å². The van der Waals surface area contributed by atoms with E-state index >= 15 is 0 Å². The van der Waals surface area contributed by atoms with E-state index in [0.29, 0.717) is 0 Å². The summed E-state index contributed by atoms with van der Waals surface area (Å²) in [5.41, 5.74) is 0. The van der Waals surface area contributed by atoms with Crippen LogP contribution in [0, 0.1) is 11.8 Å². The summed E-state index contributed by atoms with van der Waals surface area (Å²) in [6, 6.07) is 0. The first-order valence-electron chi connectivity index (χ1n) is 10.4. The predicted molar refractivity (Wildman–Crippen MR) is 139 cm³/mol. The zero-order valence-corrected chi connectivity index (χ0v) is 21.2. The molecule has 0 aliphatic carbocycles. The van der Waals surface area contributed by atoms with E-state index in [2.05, 4.69) is 70.6 Å². The van der Waals surface area contributed by atoms with Gasteiger partial charge in [-0.1, -0.05) is 0 Å². The zero-order chi connectivity index (χ0) is 18.1. The fraction of sp³-hybridized carbons (Fsp3) is 1.00. The molecule has 0 nitrogen and oxygen atoms in total. The van der Waals surface area contributed by atoms with Gasteiger partial charge in [-0.3, -0.25) is 0 Å². The van der Waals surface area contributed by atoms with Gasteiger partial charge in [0, 0.05) is 34.5 Å². The summed E-state index contributed by atoms with van der Waals surface area (Å²) in [6.45, 7) is 0. The fourth-order valence-corrected chi connectivity index (χ4v) is 10.4. The molecule has 2 bridgehead atoms. The van der Waals surface area contributed by atoms with Gasteiger partial charge in [0.15, 0.2) is 0 Å². The maximum absolute atomic E-state index is 2.22. The number of fused-ring (bicyclic) bond motifs is 21. The SMILES string of the molecule is C1CSCCC2CCSCCSCCC(CCS1)CCSCCSCC2. The molecule has 0 spiro atoms. The van der Waals surface area contributed by atoms with E-state index in [1.807, 2.05) is 0 Å². The van der Waals surface area contributed by atoms with Gasteiger partial charge in [0.2, 0.25) is 0 Å². The van der Waals surface area contributed by atoms with Gasteiger partial charge < -0.3 is 0 Å². The Morgan fingerprint density at radius 2 is 0.462 bits per heavy atom. The molecule has 3 aliphatic heterocycles. The molecule has 0 saturated carbocycles. The van der Waals surface area contributed by atoms with Crippen LogP contribution >= 0.6 is 70.6 Å². The predicted octanol–water partition coefficient (Wildman–Crippen LogP) is 6.99. The first-order chi connectivity index (χ1) is 12.9. The molecule has 0 aromatic heterocycles. The van der Waals surface area contributed by atoms with Crippen molar-refractivity contribution in [1.29, 1.82) is 0 Å². The maximum Gasteiger partial charge on any atom is 0.00235 e. The first kappa shape index (κ1) is 24.4. The van der Waals surface area contributed by atoms with E-state index in [1.165, 1.54) is 108 Å². The quantitative estimate of drug-likeness (QED) is 0.371. The lowest BCUT2D eigenvalue weighted by Gasteiger charge is -2.19. The highest BCUT2D eigenvalue weighted by molar-refractivity contribution is 8.03. The molecule has 154 valence electrons. The minimum atomic E-state index is 0.981. The van der Waals surface area contributed by atoms with Crippen molar-refractivity contribution in [3.63, 3.8) is 0 Å². The molecule has 3 aliphatic rings. The Morgan fingerprint density at radius 3 is 0.654 bits per heavy atom. The Hall–Kier alpha value is 2.10. The molecule has 0 radical (unpaired) electrons. The van der Waals surface area contributed by atoms with E-state index in [9.17, 15) is 0 Å². The highest BCUT2D eigenvalue weighted by Gasteiger charge is 2.12. The van der Waals surface area contributed by atoms with Crippen LogP contribution in [0.2, 0.25) is 0 Å². The minimum absolute atomic E-state index is 0.981. The third kappa shape index (κ3) is 13.3. The topological polar surface area (TPSA) is 0 Å². The van der Waals surface area contributed by atoms with Crippen molar-refractivity contribution in [2.24, 2.45) is 11.8 Å². The van der Waals surface area contributed by atoms with Crippen LogP contribution in [0.1, 0.15) is 38.5 Å². The van der Waals surface area contributed by atoms with Crippen molar-refractivity contribution in [1.82, 2.24) is 0 Å². The molecule has 0 amide bonds. The summed E-state index contributed by atoms with van der Waals surface area (Å²) in [6.07, 6.45) is 8.76. The lowest BCUT2D eigenvalue weighted by molar-refractivity contribution is 0.488. The van der Waals surface area contributed by atoms with Crippen molar-refractivity contribution in [2.45, 2.75) is 38.5 Å². The standard InChI is InChI=1S/C20H38S6/c1-7-21-13-14-24-10-4-20-5-11-25-17-15-22-8-2-19(1)3-9-23-16-18-26-12-6-20/h19-20H,1-18H2. The Kier molecular flexibility index (Phi) is 16.8. The van der Waals surface area contributed by atoms with E-state index in [-0.39, 0.29) is 0 Å². The van der Waals surface area contributed by atoms with Crippen molar-refractivity contribution >= 4 is 70.6 Å². The number of hydrogen-bond donors (Lipinski definition) is 0. The Bertz CT molecular complexity index is 237. The van der Waals surface area contributed by atoms with Crippen LogP contribution in [0.3, 0.4) is 0 Å². The Balaban J connectivity index is 1.87. The third-order valence-electron chi connectivity index (χ3n) is 5.14. The summed E-state index contributed by atoms with van der Waals surface area (Å²) in [7, 11) is 0. The molecule has 0 aromatic rings. The molecule has 0 atom stereocenters. The second kappa shape index (κ2) is 17.9. The molecule has 3 heterocycles. The molecule has 0 aromatic carbocycles. The molecule has 6 heteroatoms. The third-order valence-corrected chi connectivity index (χ3v) is 12.0. The van der Waals surface area contributed by atoms with E-state index < -0.39 is 0 Å². The highest BCUT2D eigenvalue weighted by atomic mass is 32.2. The highest BCUT2D eigenvalue weighted by Crippen LogP contribution is 2.26. The summed E-state index contributed by atoms with van der Waals surface area (Å²) in [5, 5.41) is 0. The van der Waals surface area contributed by atoms with Gasteiger partial charge in [-0.05, 0) is 84.9 Å². The summed E-state index contributed by atoms with van der Waals surface area (Å²) >= 11 is 13.3. The number of thioether (sulfide) groups is 6. The van der Waals surface area contributed by atoms with Crippen LogP contribution in [0.5, 0.6) is 0 Å². The monoisotopic (exact) mass is 470 g/mol. The Morgan fingerprint density at radius 1 is 0.269 bits per heavy atom.